The van der Waals surface area contributed by atoms with Crippen molar-refractivity contribution in [1.29, 1.82) is 0 Å². The van der Waals surface area contributed by atoms with Gasteiger partial charge in [-0.25, -0.2) is 9.79 Å². The first-order valence-electron chi connectivity index (χ1n) is 6.44. The van der Waals surface area contributed by atoms with Gasteiger partial charge in [0.05, 0.1) is 12.7 Å². The number of nitrogens with zero attached hydrogens (tertiary/aromatic N) is 2. The van der Waals surface area contributed by atoms with Crippen LogP contribution in [0.3, 0.4) is 0 Å². The summed E-state index contributed by atoms with van der Waals surface area (Å²) in [5.74, 6) is 0.475. The maximum atomic E-state index is 11.9. The average molecular weight is 359 g/mol. The number of hydrogen-bond acceptors (Lipinski definition) is 5. The van der Waals surface area contributed by atoms with E-state index >= 15 is 0 Å². The van der Waals surface area contributed by atoms with Crippen LogP contribution in [-0.4, -0.2) is 24.0 Å². The first-order valence-corrected chi connectivity index (χ1v) is 7.23. The molecule has 2 heterocycles. The number of carbonyl (C=O) groups is 1. The Bertz CT molecular complexity index is 785. The Balaban J connectivity index is 1.95. The van der Waals surface area contributed by atoms with E-state index in [9.17, 15) is 4.79 Å². The lowest BCUT2D eigenvalue weighted by molar-refractivity contribution is -0.129. The number of ether oxygens (including phenoxy) is 2. The van der Waals surface area contributed by atoms with Crippen molar-refractivity contribution in [2.75, 3.05) is 7.11 Å². The Morgan fingerprint density at radius 2 is 2.18 bits per heavy atom. The van der Waals surface area contributed by atoms with Gasteiger partial charge >= 0.3 is 5.97 Å². The highest BCUT2D eigenvalue weighted by Gasteiger charge is 2.25. The Labute approximate surface area is 135 Å². The zero-order chi connectivity index (χ0) is 15.5. The van der Waals surface area contributed by atoms with E-state index in [-0.39, 0.29) is 11.6 Å². The minimum absolute atomic E-state index is 0.241. The molecule has 0 aliphatic carbocycles. The number of carbonyl (C=O) groups excluding carboxylic acids is 1. The summed E-state index contributed by atoms with van der Waals surface area (Å²) in [6, 6.07) is 8.97. The Kier molecular flexibility index (Phi) is 4.02. The molecule has 22 heavy (non-hydrogen) atoms. The van der Waals surface area contributed by atoms with Crippen LogP contribution in [0.15, 0.2) is 57.9 Å². The van der Waals surface area contributed by atoms with Crippen molar-refractivity contribution in [3.8, 4) is 5.75 Å². The van der Waals surface area contributed by atoms with Gasteiger partial charge in [0.15, 0.2) is 5.70 Å². The number of pyridine rings is 1. The van der Waals surface area contributed by atoms with Crippen molar-refractivity contribution in [1.82, 2.24) is 4.98 Å². The fourth-order valence-corrected chi connectivity index (χ4v) is 2.47. The van der Waals surface area contributed by atoms with Crippen LogP contribution in [0.25, 0.3) is 6.08 Å². The van der Waals surface area contributed by atoms with Gasteiger partial charge in [-0.15, -0.1) is 0 Å². The number of methoxy groups -OCH3 is 1. The van der Waals surface area contributed by atoms with Crippen LogP contribution in [0.4, 0.5) is 0 Å². The lowest BCUT2D eigenvalue weighted by atomic mass is 10.2. The van der Waals surface area contributed by atoms with Crippen molar-refractivity contribution in [2.24, 2.45) is 4.99 Å². The van der Waals surface area contributed by atoms with Crippen molar-refractivity contribution in [3.63, 3.8) is 0 Å². The fraction of sp³-hybridized carbons (Fsp3) is 0.0625. The second kappa shape index (κ2) is 6.11. The zero-order valence-electron chi connectivity index (χ0n) is 11.6. The van der Waals surface area contributed by atoms with Gasteiger partial charge in [0, 0.05) is 16.9 Å². The van der Waals surface area contributed by atoms with Crippen LogP contribution >= 0.6 is 15.9 Å². The molecule has 0 amide bonds. The molecule has 110 valence electrons. The van der Waals surface area contributed by atoms with Gasteiger partial charge in [-0.1, -0.05) is 6.07 Å². The molecule has 0 fully saturated rings. The summed E-state index contributed by atoms with van der Waals surface area (Å²) >= 11 is 3.42. The van der Waals surface area contributed by atoms with Crippen LogP contribution in [0, 0.1) is 0 Å². The summed E-state index contributed by atoms with van der Waals surface area (Å²) in [5, 5.41) is 0. The molecule has 0 radical (unpaired) electrons. The molecule has 1 aromatic heterocycles. The maximum absolute atomic E-state index is 11.9. The normalized spacial score (nSPS) is 15.6. The summed E-state index contributed by atoms with van der Waals surface area (Å²) in [6.45, 7) is 0. The second-order valence-electron chi connectivity index (χ2n) is 4.47. The predicted molar refractivity (Wildman–Crippen MR) is 85.5 cm³/mol. The fourth-order valence-electron chi connectivity index (χ4n) is 1.94. The van der Waals surface area contributed by atoms with Gasteiger partial charge < -0.3 is 9.47 Å². The summed E-state index contributed by atoms with van der Waals surface area (Å²) in [5.41, 5.74) is 1.71. The molecule has 0 saturated carbocycles. The smallest absolute Gasteiger partial charge is 0.363 e. The predicted octanol–water partition coefficient (Wildman–Crippen LogP) is 3.20. The molecular formula is C16H11BrN2O3. The molecule has 0 N–H and O–H groups in total. The first-order chi connectivity index (χ1) is 10.7. The van der Waals surface area contributed by atoms with Gasteiger partial charge in [0.1, 0.15) is 5.75 Å². The van der Waals surface area contributed by atoms with Crippen molar-refractivity contribution in [2.45, 2.75) is 0 Å². The number of hydrogen-bond donors (Lipinski definition) is 0. The molecule has 5 nitrogen and oxygen atoms in total. The highest BCUT2D eigenvalue weighted by Crippen LogP contribution is 2.27. The average Bonchev–Trinajstić information content (AvgIpc) is 2.89. The van der Waals surface area contributed by atoms with Gasteiger partial charge in [-0.05, 0) is 51.8 Å². The number of rotatable bonds is 3. The van der Waals surface area contributed by atoms with Crippen LogP contribution in [0.5, 0.6) is 5.75 Å². The van der Waals surface area contributed by atoms with E-state index in [0.29, 0.717) is 11.3 Å². The van der Waals surface area contributed by atoms with Crippen molar-refractivity contribution in [3.05, 3.63) is 64.0 Å². The van der Waals surface area contributed by atoms with Crippen LogP contribution in [0.2, 0.25) is 0 Å². The third kappa shape index (κ3) is 2.92. The summed E-state index contributed by atoms with van der Waals surface area (Å²) in [4.78, 5) is 20.2. The van der Waals surface area contributed by atoms with Gasteiger partial charge in [-0.3, -0.25) is 4.98 Å². The minimum Gasteiger partial charge on any atom is -0.497 e. The molecule has 0 unspecified atom stereocenters. The van der Waals surface area contributed by atoms with E-state index in [1.807, 2.05) is 6.07 Å². The Hall–Kier alpha value is -2.47. The summed E-state index contributed by atoms with van der Waals surface area (Å²) in [6.07, 6.45) is 4.95. The molecular weight excluding hydrogens is 348 g/mol. The van der Waals surface area contributed by atoms with Crippen LogP contribution < -0.4 is 4.74 Å². The minimum atomic E-state index is -0.485. The number of aliphatic imine (C=N–C) groups is 1. The summed E-state index contributed by atoms with van der Waals surface area (Å²) < 4.78 is 11.1. The number of aromatic nitrogens is 1. The molecule has 1 aromatic carbocycles. The number of esters is 1. The molecule has 6 heteroatoms. The second-order valence-corrected chi connectivity index (χ2v) is 5.32. The van der Waals surface area contributed by atoms with Gasteiger partial charge in [0.2, 0.25) is 5.90 Å². The third-order valence-corrected chi connectivity index (χ3v) is 3.67. The van der Waals surface area contributed by atoms with E-state index in [1.54, 1.807) is 49.8 Å². The number of cyclic esters (lactones) is 1. The number of benzene rings is 1. The van der Waals surface area contributed by atoms with Crippen LogP contribution in [-0.2, 0) is 9.53 Å². The van der Waals surface area contributed by atoms with Crippen molar-refractivity contribution < 1.29 is 14.3 Å². The highest BCUT2D eigenvalue weighted by molar-refractivity contribution is 9.10. The molecule has 0 atom stereocenters. The molecule has 0 spiro atoms. The Morgan fingerprint density at radius 3 is 2.86 bits per heavy atom. The standard InChI is InChI=1S/C16H11BrN2O3/c1-21-11-4-5-12(13(17)8-11)15-19-14(16(20)22-15)7-10-3-2-6-18-9-10/h2-9H,1H3/b14-7-. The topological polar surface area (TPSA) is 60.8 Å². The summed E-state index contributed by atoms with van der Waals surface area (Å²) in [7, 11) is 1.59. The molecule has 0 bridgehead atoms. The lowest BCUT2D eigenvalue weighted by Crippen LogP contribution is -2.06. The molecule has 1 aliphatic heterocycles. The quantitative estimate of drug-likeness (QED) is 0.624. The van der Waals surface area contributed by atoms with E-state index in [0.717, 1.165) is 10.0 Å². The molecule has 0 saturated heterocycles. The van der Waals surface area contributed by atoms with Gasteiger partial charge in [-0.2, -0.15) is 0 Å². The van der Waals surface area contributed by atoms with E-state index in [1.165, 1.54) is 0 Å². The largest absolute Gasteiger partial charge is 0.497 e. The highest BCUT2D eigenvalue weighted by atomic mass is 79.9. The molecule has 2 aromatic rings. The zero-order valence-corrected chi connectivity index (χ0v) is 13.2. The first kappa shape index (κ1) is 14.5. The maximum Gasteiger partial charge on any atom is 0.363 e. The van der Waals surface area contributed by atoms with E-state index in [2.05, 4.69) is 25.9 Å². The third-order valence-electron chi connectivity index (χ3n) is 3.01. The van der Waals surface area contributed by atoms with E-state index in [4.69, 9.17) is 9.47 Å². The number of halogens is 1. The Morgan fingerprint density at radius 1 is 1.32 bits per heavy atom. The monoisotopic (exact) mass is 358 g/mol. The van der Waals surface area contributed by atoms with E-state index < -0.39 is 5.97 Å². The van der Waals surface area contributed by atoms with Gasteiger partial charge in [0.25, 0.3) is 0 Å². The molecule has 3 rings (SSSR count). The SMILES string of the molecule is COc1ccc(C2=N/C(=C\c3cccnc3)C(=O)O2)c(Br)c1. The van der Waals surface area contributed by atoms with Crippen LogP contribution in [0.1, 0.15) is 11.1 Å². The molecule has 1 aliphatic rings. The van der Waals surface area contributed by atoms with Crippen molar-refractivity contribution >= 4 is 33.9 Å². The lowest BCUT2D eigenvalue weighted by Gasteiger charge is -2.05.